The van der Waals surface area contributed by atoms with Crippen LogP contribution in [-0.2, 0) is 20.3 Å². The summed E-state index contributed by atoms with van der Waals surface area (Å²) >= 11 is 11.9. The molecule has 0 saturated heterocycles. The van der Waals surface area contributed by atoms with Crippen molar-refractivity contribution in [2.75, 3.05) is 20.0 Å². The average molecular weight is 283 g/mol. The monoisotopic (exact) mass is 282 g/mol. The predicted molar refractivity (Wildman–Crippen MR) is 65.5 cm³/mol. The van der Waals surface area contributed by atoms with Crippen LogP contribution in [0.25, 0.3) is 0 Å². The molecule has 0 N–H and O–H groups in total. The Hall–Kier alpha value is -0.130. The first kappa shape index (κ1) is 13.9. The highest BCUT2D eigenvalue weighted by molar-refractivity contribution is 7.85. The zero-order valence-electron chi connectivity index (χ0n) is 8.91. The summed E-state index contributed by atoms with van der Waals surface area (Å²) in [6.45, 7) is 0. The lowest BCUT2D eigenvalue weighted by Gasteiger charge is -2.13. The lowest BCUT2D eigenvalue weighted by Crippen LogP contribution is -2.21. The molecule has 1 unspecified atom stereocenters. The number of methoxy groups -OCH3 is 2. The largest absolute Gasteiger partial charge is 0.355 e. The van der Waals surface area contributed by atoms with Gasteiger partial charge in [0.2, 0.25) is 0 Å². The minimum Gasteiger partial charge on any atom is -0.355 e. The first-order chi connectivity index (χ1) is 7.60. The van der Waals surface area contributed by atoms with Gasteiger partial charge in [-0.15, -0.1) is 0 Å². The SMILES string of the molecule is COC(CS(=O)c1c(Cl)cccc1Cl)OC. The highest BCUT2D eigenvalue weighted by Crippen LogP contribution is 2.28. The summed E-state index contributed by atoms with van der Waals surface area (Å²) in [6, 6.07) is 5.00. The van der Waals surface area contributed by atoms with Crippen molar-refractivity contribution in [2.24, 2.45) is 0 Å². The van der Waals surface area contributed by atoms with E-state index in [9.17, 15) is 4.21 Å². The third-order valence-corrected chi connectivity index (χ3v) is 4.28. The van der Waals surface area contributed by atoms with Crippen molar-refractivity contribution in [3.8, 4) is 0 Å². The van der Waals surface area contributed by atoms with Crippen molar-refractivity contribution < 1.29 is 13.7 Å². The van der Waals surface area contributed by atoms with Crippen LogP contribution in [-0.4, -0.2) is 30.5 Å². The van der Waals surface area contributed by atoms with Gasteiger partial charge in [-0.1, -0.05) is 29.3 Å². The summed E-state index contributed by atoms with van der Waals surface area (Å²) < 4.78 is 21.9. The molecular weight excluding hydrogens is 271 g/mol. The fraction of sp³-hybridized carbons (Fsp3) is 0.400. The molecule has 16 heavy (non-hydrogen) atoms. The van der Waals surface area contributed by atoms with E-state index in [0.717, 1.165) is 0 Å². The summed E-state index contributed by atoms with van der Waals surface area (Å²) in [5, 5.41) is 0.772. The molecular formula is C10H12Cl2O3S. The molecule has 0 aromatic heterocycles. The number of halogens is 2. The molecule has 0 fully saturated rings. The van der Waals surface area contributed by atoms with Gasteiger partial charge in [0, 0.05) is 14.2 Å². The zero-order chi connectivity index (χ0) is 12.1. The van der Waals surface area contributed by atoms with Crippen LogP contribution in [0, 0.1) is 0 Å². The van der Waals surface area contributed by atoms with Crippen molar-refractivity contribution in [2.45, 2.75) is 11.2 Å². The Morgan fingerprint density at radius 3 is 2.19 bits per heavy atom. The molecule has 0 heterocycles. The molecule has 6 heteroatoms. The van der Waals surface area contributed by atoms with Gasteiger partial charge in [0.1, 0.15) is 0 Å². The van der Waals surface area contributed by atoms with E-state index >= 15 is 0 Å². The number of rotatable bonds is 5. The van der Waals surface area contributed by atoms with Crippen LogP contribution in [0.15, 0.2) is 23.1 Å². The van der Waals surface area contributed by atoms with Crippen molar-refractivity contribution in [1.29, 1.82) is 0 Å². The number of hydrogen-bond acceptors (Lipinski definition) is 3. The maximum Gasteiger partial charge on any atom is 0.168 e. The highest BCUT2D eigenvalue weighted by Gasteiger charge is 2.17. The van der Waals surface area contributed by atoms with Gasteiger partial charge in [-0.2, -0.15) is 0 Å². The molecule has 0 aliphatic heterocycles. The molecule has 0 bridgehead atoms. The minimum absolute atomic E-state index is 0.191. The Morgan fingerprint density at radius 1 is 1.25 bits per heavy atom. The second-order valence-corrected chi connectivity index (χ2v) is 5.21. The van der Waals surface area contributed by atoms with E-state index in [1.807, 2.05) is 0 Å². The fourth-order valence-corrected chi connectivity index (χ4v) is 3.31. The average Bonchev–Trinajstić information content (AvgIpc) is 2.25. The fourth-order valence-electron chi connectivity index (χ4n) is 1.14. The molecule has 1 aromatic rings. The van der Waals surface area contributed by atoms with E-state index in [2.05, 4.69) is 0 Å². The normalized spacial score (nSPS) is 13.1. The van der Waals surface area contributed by atoms with Crippen LogP contribution >= 0.6 is 23.2 Å². The lowest BCUT2D eigenvalue weighted by molar-refractivity contribution is -0.0847. The zero-order valence-corrected chi connectivity index (χ0v) is 11.2. The Balaban J connectivity index is 2.88. The van der Waals surface area contributed by atoms with Crippen LogP contribution in [0.5, 0.6) is 0 Å². The van der Waals surface area contributed by atoms with Gasteiger partial charge in [0.05, 0.1) is 31.5 Å². The van der Waals surface area contributed by atoms with Crippen molar-refractivity contribution in [1.82, 2.24) is 0 Å². The Labute approximate surface area is 107 Å². The Bertz CT molecular complexity index is 360. The Kier molecular flexibility index (Phi) is 5.72. The van der Waals surface area contributed by atoms with E-state index in [4.69, 9.17) is 32.7 Å². The first-order valence-electron chi connectivity index (χ1n) is 4.48. The summed E-state index contributed by atoms with van der Waals surface area (Å²) in [4.78, 5) is 0.421. The Morgan fingerprint density at radius 2 is 1.75 bits per heavy atom. The molecule has 1 rings (SSSR count). The lowest BCUT2D eigenvalue weighted by atomic mass is 10.4. The van der Waals surface area contributed by atoms with Crippen molar-refractivity contribution >= 4 is 34.0 Å². The maximum absolute atomic E-state index is 12.0. The van der Waals surface area contributed by atoms with E-state index in [1.54, 1.807) is 18.2 Å². The molecule has 3 nitrogen and oxygen atoms in total. The smallest absolute Gasteiger partial charge is 0.168 e. The highest BCUT2D eigenvalue weighted by atomic mass is 35.5. The number of ether oxygens (including phenoxy) is 2. The summed E-state index contributed by atoms with van der Waals surface area (Å²) in [5.74, 6) is 0.191. The summed E-state index contributed by atoms with van der Waals surface area (Å²) in [5.41, 5.74) is 0. The third kappa shape index (κ3) is 3.43. The van der Waals surface area contributed by atoms with Gasteiger partial charge in [0.15, 0.2) is 6.29 Å². The van der Waals surface area contributed by atoms with Gasteiger partial charge < -0.3 is 9.47 Å². The second kappa shape index (κ2) is 6.57. The quantitative estimate of drug-likeness (QED) is 0.779. The van der Waals surface area contributed by atoms with Crippen LogP contribution in [0.2, 0.25) is 10.0 Å². The van der Waals surface area contributed by atoms with Gasteiger partial charge in [0.25, 0.3) is 0 Å². The molecule has 0 radical (unpaired) electrons. The van der Waals surface area contributed by atoms with Gasteiger partial charge >= 0.3 is 0 Å². The molecule has 0 aliphatic rings. The number of benzene rings is 1. The predicted octanol–water partition coefficient (Wildman–Crippen LogP) is 2.72. The van der Waals surface area contributed by atoms with Crippen LogP contribution < -0.4 is 0 Å². The molecule has 0 saturated carbocycles. The van der Waals surface area contributed by atoms with Crippen molar-refractivity contribution in [3.63, 3.8) is 0 Å². The van der Waals surface area contributed by atoms with E-state index in [-0.39, 0.29) is 5.75 Å². The third-order valence-electron chi connectivity index (χ3n) is 1.96. The minimum atomic E-state index is -1.35. The van der Waals surface area contributed by atoms with Gasteiger partial charge in [-0.3, -0.25) is 4.21 Å². The van der Waals surface area contributed by atoms with E-state index in [1.165, 1.54) is 14.2 Å². The number of hydrogen-bond donors (Lipinski definition) is 0. The van der Waals surface area contributed by atoms with Gasteiger partial charge in [-0.25, -0.2) is 0 Å². The molecule has 0 spiro atoms. The van der Waals surface area contributed by atoms with Crippen LogP contribution in [0.3, 0.4) is 0 Å². The summed E-state index contributed by atoms with van der Waals surface area (Å²) in [7, 11) is 1.62. The molecule has 0 aliphatic carbocycles. The van der Waals surface area contributed by atoms with Gasteiger partial charge in [-0.05, 0) is 12.1 Å². The molecule has 1 aromatic carbocycles. The van der Waals surface area contributed by atoms with Crippen LogP contribution in [0.1, 0.15) is 0 Å². The standard InChI is InChI=1S/C10H12Cl2O3S/c1-14-9(15-2)6-16(13)10-7(11)4-3-5-8(10)12/h3-5,9H,6H2,1-2H3. The summed E-state index contributed by atoms with van der Waals surface area (Å²) in [6.07, 6.45) is -0.534. The molecule has 90 valence electrons. The van der Waals surface area contributed by atoms with E-state index < -0.39 is 17.1 Å². The molecule has 0 amide bonds. The molecule has 1 atom stereocenters. The maximum atomic E-state index is 12.0. The topological polar surface area (TPSA) is 35.5 Å². The van der Waals surface area contributed by atoms with Crippen molar-refractivity contribution in [3.05, 3.63) is 28.2 Å². The van der Waals surface area contributed by atoms with Crippen LogP contribution in [0.4, 0.5) is 0 Å². The first-order valence-corrected chi connectivity index (χ1v) is 6.55. The van der Waals surface area contributed by atoms with E-state index in [0.29, 0.717) is 14.9 Å². The second-order valence-electron chi connectivity index (χ2n) is 2.96.